The Balaban J connectivity index is 1.52. The third-order valence-electron chi connectivity index (χ3n) is 5.03. The highest BCUT2D eigenvalue weighted by atomic mass is 35.5. The van der Waals surface area contributed by atoms with Gasteiger partial charge in [-0.1, -0.05) is 18.0 Å². The van der Waals surface area contributed by atoms with Crippen molar-refractivity contribution in [3.63, 3.8) is 0 Å². The third kappa shape index (κ3) is 3.70. The van der Waals surface area contributed by atoms with Crippen LogP contribution >= 0.6 is 11.6 Å². The Labute approximate surface area is 141 Å². The lowest BCUT2D eigenvalue weighted by atomic mass is 9.67. The second-order valence-electron chi connectivity index (χ2n) is 6.57. The standard InChI is InChI=1S/C18H23ClN2O2/c19-15-2-3-16-14(12-15)4-9-21(16)10-5-17(23)20-13-18(8-11-22)6-1-7-18/h2-4,9,12,22H,1,5-8,10-11,13H2,(H,20,23). The van der Waals surface area contributed by atoms with Gasteiger partial charge in [0.25, 0.3) is 0 Å². The van der Waals surface area contributed by atoms with E-state index in [1.54, 1.807) is 0 Å². The van der Waals surface area contributed by atoms with Crippen molar-refractivity contribution in [2.45, 2.75) is 38.6 Å². The van der Waals surface area contributed by atoms with Crippen LogP contribution in [0, 0.1) is 5.41 Å². The quantitative estimate of drug-likeness (QED) is 0.815. The number of rotatable bonds is 7. The number of carbonyl (C=O) groups is 1. The molecule has 1 amide bonds. The molecule has 23 heavy (non-hydrogen) atoms. The van der Waals surface area contributed by atoms with Crippen LogP contribution in [0.25, 0.3) is 10.9 Å². The number of aryl methyl sites for hydroxylation is 1. The first kappa shape index (κ1) is 16.3. The van der Waals surface area contributed by atoms with Crippen molar-refractivity contribution in [3.05, 3.63) is 35.5 Å². The number of nitrogens with zero attached hydrogens (tertiary/aromatic N) is 1. The van der Waals surface area contributed by atoms with Crippen molar-refractivity contribution in [3.8, 4) is 0 Å². The van der Waals surface area contributed by atoms with Gasteiger partial charge in [-0.3, -0.25) is 4.79 Å². The number of hydrogen-bond donors (Lipinski definition) is 2. The van der Waals surface area contributed by atoms with Gasteiger partial charge in [0.2, 0.25) is 5.91 Å². The molecule has 5 heteroatoms. The smallest absolute Gasteiger partial charge is 0.221 e. The first-order valence-corrected chi connectivity index (χ1v) is 8.62. The number of hydrogen-bond acceptors (Lipinski definition) is 2. The predicted octanol–water partition coefficient (Wildman–Crippen LogP) is 3.35. The van der Waals surface area contributed by atoms with Gasteiger partial charge in [-0.25, -0.2) is 0 Å². The van der Waals surface area contributed by atoms with E-state index in [-0.39, 0.29) is 17.9 Å². The summed E-state index contributed by atoms with van der Waals surface area (Å²) in [6.45, 7) is 1.55. The molecule has 2 N–H and O–H groups in total. The molecule has 0 saturated heterocycles. The van der Waals surface area contributed by atoms with Crippen LogP contribution in [0.1, 0.15) is 32.1 Å². The summed E-state index contributed by atoms with van der Waals surface area (Å²) in [4.78, 5) is 12.1. The van der Waals surface area contributed by atoms with E-state index >= 15 is 0 Å². The van der Waals surface area contributed by atoms with Crippen LogP contribution in [-0.2, 0) is 11.3 Å². The molecular weight excluding hydrogens is 312 g/mol. The lowest BCUT2D eigenvalue weighted by Crippen LogP contribution is -2.42. The second kappa shape index (κ2) is 6.93. The molecule has 4 nitrogen and oxygen atoms in total. The average Bonchev–Trinajstić information content (AvgIpc) is 2.89. The minimum absolute atomic E-state index is 0.0741. The van der Waals surface area contributed by atoms with E-state index in [2.05, 4.69) is 9.88 Å². The number of carbonyl (C=O) groups excluding carboxylic acids is 1. The number of aliphatic hydroxyl groups is 1. The molecule has 1 aliphatic carbocycles. The minimum atomic E-state index is 0.0741. The molecular formula is C18H23ClN2O2. The van der Waals surface area contributed by atoms with E-state index in [1.807, 2.05) is 30.5 Å². The van der Waals surface area contributed by atoms with Crippen molar-refractivity contribution < 1.29 is 9.90 Å². The zero-order chi connectivity index (χ0) is 16.3. The molecule has 3 rings (SSSR count). The summed E-state index contributed by atoms with van der Waals surface area (Å²) in [5, 5.41) is 14.0. The summed E-state index contributed by atoms with van der Waals surface area (Å²) in [7, 11) is 0. The van der Waals surface area contributed by atoms with E-state index in [1.165, 1.54) is 6.42 Å². The van der Waals surface area contributed by atoms with Gasteiger partial charge in [-0.05, 0) is 48.9 Å². The Bertz CT molecular complexity index is 691. The van der Waals surface area contributed by atoms with Gasteiger partial charge < -0.3 is 15.0 Å². The van der Waals surface area contributed by atoms with Gasteiger partial charge in [0.1, 0.15) is 0 Å². The van der Waals surface area contributed by atoms with E-state index < -0.39 is 0 Å². The molecule has 0 bridgehead atoms. The Morgan fingerprint density at radius 1 is 1.35 bits per heavy atom. The largest absolute Gasteiger partial charge is 0.396 e. The first-order valence-electron chi connectivity index (χ1n) is 8.24. The van der Waals surface area contributed by atoms with Gasteiger partial charge in [0, 0.05) is 48.2 Å². The van der Waals surface area contributed by atoms with Gasteiger partial charge in [0.15, 0.2) is 0 Å². The van der Waals surface area contributed by atoms with E-state index in [0.717, 1.165) is 35.2 Å². The SMILES string of the molecule is O=C(CCn1ccc2cc(Cl)ccc21)NCC1(CCO)CCC1. The number of nitrogens with one attached hydrogen (secondary N) is 1. The molecule has 0 radical (unpaired) electrons. The summed E-state index contributed by atoms with van der Waals surface area (Å²) >= 11 is 5.99. The van der Waals surface area contributed by atoms with Gasteiger partial charge in [0.05, 0.1) is 0 Å². The maximum atomic E-state index is 12.1. The topological polar surface area (TPSA) is 54.3 Å². The number of halogens is 1. The van der Waals surface area contributed by atoms with E-state index in [9.17, 15) is 4.79 Å². The Hall–Kier alpha value is -1.52. The van der Waals surface area contributed by atoms with E-state index in [0.29, 0.717) is 19.5 Å². The second-order valence-corrected chi connectivity index (χ2v) is 7.00. The zero-order valence-corrected chi connectivity index (χ0v) is 14.0. The zero-order valence-electron chi connectivity index (χ0n) is 13.2. The molecule has 1 heterocycles. The Morgan fingerprint density at radius 3 is 2.87 bits per heavy atom. The molecule has 0 spiro atoms. The summed E-state index contributed by atoms with van der Waals surface area (Å²) in [6, 6.07) is 7.81. The molecule has 1 aromatic heterocycles. The van der Waals surface area contributed by atoms with Crippen LogP contribution in [-0.4, -0.2) is 28.7 Å². The normalized spacial score (nSPS) is 16.3. The predicted molar refractivity (Wildman–Crippen MR) is 92.6 cm³/mol. The molecule has 1 saturated carbocycles. The number of amides is 1. The van der Waals surface area contributed by atoms with Crippen molar-refractivity contribution in [1.82, 2.24) is 9.88 Å². The molecule has 0 atom stereocenters. The maximum absolute atomic E-state index is 12.1. The molecule has 2 aromatic rings. The molecule has 1 aliphatic rings. The molecule has 1 aromatic carbocycles. The number of benzene rings is 1. The lowest BCUT2D eigenvalue weighted by molar-refractivity contribution is -0.122. The van der Waals surface area contributed by atoms with E-state index in [4.69, 9.17) is 16.7 Å². The van der Waals surface area contributed by atoms with Crippen LogP contribution < -0.4 is 5.32 Å². The summed E-state index contributed by atoms with van der Waals surface area (Å²) in [5.41, 5.74) is 1.24. The van der Waals surface area contributed by atoms with Crippen LogP contribution in [0.15, 0.2) is 30.5 Å². The van der Waals surface area contributed by atoms with Crippen LogP contribution in [0.2, 0.25) is 5.02 Å². The number of aliphatic hydroxyl groups excluding tert-OH is 1. The monoisotopic (exact) mass is 334 g/mol. The summed E-state index contributed by atoms with van der Waals surface area (Å²) in [5.74, 6) is 0.0741. The molecule has 0 unspecified atom stereocenters. The lowest BCUT2D eigenvalue weighted by Gasteiger charge is -2.41. The average molecular weight is 335 g/mol. The van der Waals surface area contributed by atoms with Crippen molar-refractivity contribution in [1.29, 1.82) is 0 Å². The van der Waals surface area contributed by atoms with Gasteiger partial charge in [-0.2, -0.15) is 0 Å². The number of fused-ring (bicyclic) bond motifs is 1. The molecule has 124 valence electrons. The maximum Gasteiger partial charge on any atom is 0.221 e. The third-order valence-corrected chi connectivity index (χ3v) is 5.26. The highest BCUT2D eigenvalue weighted by Gasteiger charge is 2.36. The fraction of sp³-hybridized carbons (Fsp3) is 0.500. The molecule has 0 aliphatic heterocycles. The first-order chi connectivity index (χ1) is 11.1. The van der Waals surface area contributed by atoms with Gasteiger partial charge >= 0.3 is 0 Å². The number of aromatic nitrogens is 1. The van der Waals surface area contributed by atoms with Crippen LogP contribution in [0.4, 0.5) is 0 Å². The Morgan fingerprint density at radius 2 is 2.17 bits per heavy atom. The minimum Gasteiger partial charge on any atom is -0.396 e. The molecule has 1 fully saturated rings. The van der Waals surface area contributed by atoms with Crippen molar-refractivity contribution in [2.75, 3.05) is 13.2 Å². The summed E-state index contributed by atoms with van der Waals surface area (Å²) < 4.78 is 2.08. The fourth-order valence-corrected chi connectivity index (χ4v) is 3.57. The van der Waals surface area contributed by atoms with Crippen LogP contribution in [0.5, 0.6) is 0 Å². The Kier molecular flexibility index (Phi) is 4.93. The summed E-state index contributed by atoms with van der Waals surface area (Å²) in [6.07, 6.45) is 6.66. The highest BCUT2D eigenvalue weighted by Crippen LogP contribution is 2.43. The fourth-order valence-electron chi connectivity index (χ4n) is 3.39. The van der Waals surface area contributed by atoms with Crippen molar-refractivity contribution in [2.24, 2.45) is 5.41 Å². The highest BCUT2D eigenvalue weighted by molar-refractivity contribution is 6.31. The van der Waals surface area contributed by atoms with Crippen LogP contribution in [0.3, 0.4) is 0 Å². The van der Waals surface area contributed by atoms with Crippen molar-refractivity contribution >= 4 is 28.4 Å². The van der Waals surface area contributed by atoms with Gasteiger partial charge in [-0.15, -0.1) is 0 Å².